The van der Waals surface area contributed by atoms with Crippen molar-refractivity contribution in [1.82, 2.24) is 25.2 Å². The second-order valence-corrected chi connectivity index (χ2v) is 4.54. The van der Waals surface area contributed by atoms with Crippen molar-refractivity contribution in [2.24, 2.45) is 0 Å². The third-order valence-corrected chi connectivity index (χ3v) is 2.93. The van der Waals surface area contributed by atoms with Gasteiger partial charge in [0.25, 0.3) is 0 Å². The molecule has 5 nitrogen and oxygen atoms in total. The van der Waals surface area contributed by atoms with Gasteiger partial charge < -0.3 is 0 Å². The number of hydrogen-bond donors (Lipinski definition) is 0. The van der Waals surface area contributed by atoms with Crippen molar-refractivity contribution in [2.75, 3.05) is 0 Å². The SMILES string of the molecule is FC(F)(F)c1cccc(-c2nnn(Cc3ccccn3)n2)c1. The van der Waals surface area contributed by atoms with E-state index >= 15 is 0 Å². The van der Waals surface area contributed by atoms with E-state index in [4.69, 9.17) is 0 Å². The zero-order chi connectivity index (χ0) is 15.6. The lowest BCUT2D eigenvalue weighted by Crippen LogP contribution is -2.05. The molecule has 0 aliphatic heterocycles. The van der Waals surface area contributed by atoms with Crippen LogP contribution in [-0.4, -0.2) is 25.2 Å². The van der Waals surface area contributed by atoms with Crippen LogP contribution in [0.2, 0.25) is 0 Å². The molecule has 0 radical (unpaired) electrons. The van der Waals surface area contributed by atoms with E-state index in [9.17, 15) is 13.2 Å². The normalized spacial score (nSPS) is 11.6. The maximum Gasteiger partial charge on any atom is 0.416 e. The average Bonchev–Trinajstić information content (AvgIpc) is 2.96. The van der Waals surface area contributed by atoms with Gasteiger partial charge in [0.1, 0.15) is 6.54 Å². The molecule has 0 atom stereocenters. The van der Waals surface area contributed by atoms with Gasteiger partial charge in [-0.15, -0.1) is 10.2 Å². The van der Waals surface area contributed by atoms with E-state index in [0.29, 0.717) is 6.54 Å². The molecule has 2 aromatic heterocycles. The van der Waals surface area contributed by atoms with Crippen LogP contribution in [0.5, 0.6) is 0 Å². The third-order valence-electron chi connectivity index (χ3n) is 2.93. The van der Waals surface area contributed by atoms with Gasteiger partial charge in [-0.25, -0.2) is 0 Å². The lowest BCUT2D eigenvalue weighted by Gasteiger charge is -2.06. The van der Waals surface area contributed by atoms with Gasteiger partial charge >= 0.3 is 6.18 Å². The van der Waals surface area contributed by atoms with Crippen LogP contribution in [-0.2, 0) is 12.7 Å². The molecule has 112 valence electrons. The van der Waals surface area contributed by atoms with Crippen molar-refractivity contribution < 1.29 is 13.2 Å². The van der Waals surface area contributed by atoms with Gasteiger partial charge in [-0.05, 0) is 29.5 Å². The molecule has 2 heterocycles. The summed E-state index contributed by atoms with van der Waals surface area (Å²) in [5.74, 6) is 0.141. The standard InChI is InChI=1S/C14H10F3N5/c15-14(16,17)11-5-3-4-10(8-11)13-19-21-22(20-13)9-12-6-1-2-7-18-12/h1-8H,9H2. The summed E-state index contributed by atoms with van der Waals surface area (Å²) in [5.41, 5.74) is 0.253. The average molecular weight is 305 g/mol. The molecular formula is C14H10F3N5. The Hall–Kier alpha value is -2.77. The fourth-order valence-electron chi connectivity index (χ4n) is 1.90. The van der Waals surface area contributed by atoms with Crippen LogP contribution in [0.25, 0.3) is 11.4 Å². The van der Waals surface area contributed by atoms with Crippen LogP contribution in [0, 0.1) is 0 Å². The molecular weight excluding hydrogens is 295 g/mol. The number of pyridine rings is 1. The lowest BCUT2D eigenvalue weighted by molar-refractivity contribution is -0.137. The highest BCUT2D eigenvalue weighted by atomic mass is 19.4. The summed E-state index contributed by atoms with van der Waals surface area (Å²) in [6.07, 6.45) is -2.76. The number of hydrogen-bond acceptors (Lipinski definition) is 4. The van der Waals surface area contributed by atoms with E-state index in [1.807, 2.05) is 6.07 Å². The van der Waals surface area contributed by atoms with Crippen molar-refractivity contribution in [3.05, 3.63) is 59.9 Å². The fourth-order valence-corrected chi connectivity index (χ4v) is 1.90. The Morgan fingerprint density at radius 1 is 1.05 bits per heavy atom. The highest BCUT2D eigenvalue weighted by molar-refractivity contribution is 5.55. The van der Waals surface area contributed by atoms with Crippen molar-refractivity contribution in [1.29, 1.82) is 0 Å². The smallest absolute Gasteiger partial charge is 0.259 e. The minimum Gasteiger partial charge on any atom is -0.259 e. The van der Waals surface area contributed by atoms with Crippen molar-refractivity contribution in [3.63, 3.8) is 0 Å². The highest BCUT2D eigenvalue weighted by Gasteiger charge is 2.30. The first-order chi connectivity index (χ1) is 10.5. The molecule has 3 aromatic rings. The monoisotopic (exact) mass is 305 g/mol. The quantitative estimate of drug-likeness (QED) is 0.746. The zero-order valence-electron chi connectivity index (χ0n) is 11.2. The molecule has 0 aliphatic rings. The lowest BCUT2D eigenvalue weighted by atomic mass is 10.1. The van der Waals surface area contributed by atoms with E-state index in [1.54, 1.807) is 18.3 Å². The number of aromatic nitrogens is 5. The molecule has 0 N–H and O–H groups in total. The first-order valence-corrected chi connectivity index (χ1v) is 6.38. The Kier molecular flexibility index (Phi) is 3.58. The summed E-state index contributed by atoms with van der Waals surface area (Å²) < 4.78 is 38.1. The largest absolute Gasteiger partial charge is 0.416 e. The van der Waals surface area contributed by atoms with Gasteiger partial charge in [-0.1, -0.05) is 18.2 Å². The fraction of sp³-hybridized carbons (Fsp3) is 0.143. The molecule has 0 spiro atoms. The van der Waals surface area contributed by atoms with E-state index in [0.717, 1.165) is 17.8 Å². The summed E-state index contributed by atoms with van der Waals surface area (Å²) in [5, 5.41) is 11.7. The van der Waals surface area contributed by atoms with E-state index in [1.165, 1.54) is 16.9 Å². The minimum absolute atomic E-state index is 0.141. The Morgan fingerprint density at radius 2 is 1.91 bits per heavy atom. The van der Waals surface area contributed by atoms with Gasteiger partial charge in [0.2, 0.25) is 5.82 Å². The molecule has 0 saturated heterocycles. The molecule has 0 amide bonds. The van der Waals surface area contributed by atoms with Crippen LogP contribution >= 0.6 is 0 Å². The first-order valence-electron chi connectivity index (χ1n) is 6.38. The van der Waals surface area contributed by atoms with Crippen LogP contribution in [0.4, 0.5) is 13.2 Å². The summed E-state index contributed by atoms with van der Waals surface area (Å²) in [7, 11) is 0. The van der Waals surface area contributed by atoms with Crippen LogP contribution in [0.3, 0.4) is 0 Å². The van der Waals surface area contributed by atoms with Crippen LogP contribution < -0.4 is 0 Å². The maximum atomic E-state index is 12.7. The zero-order valence-corrected chi connectivity index (χ0v) is 11.2. The van der Waals surface area contributed by atoms with Gasteiger partial charge in [-0.3, -0.25) is 4.98 Å². The molecule has 8 heteroatoms. The minimum atomic E-state index is -4.40. The Morgan fingerprint density at radius 3 is 2.64 bits per heavy atom. The molecule has 0 fully saturated rings. The molecule has 0 saturated carbocycles. The number of alkyl halides is 3. The van der Waals surface area contributed by atoms with Gasteiger partial charge in [0.05, 0.1) is 11.3 Å². The van der Waals surface area contributed by atoms with Crippen molar-refractivity contribution in [2.45, 2.75) is 12.7 Å². The highest BCUT2D eigenvalue weighted by Crippen LogP contribution is 2.31. The Labute approximate surface area is 123 Å². The van der Waals surface area contributed by atoms with Crippen LogP contribution in [0.1, 0.15) is 11.3 Å². The number of benzene rings is 1. The molecule has 22 heavy (non-hydrogen) atoms. The van der Waals surface area contributed by atoms with Crippen molar-refractivity contribution in [3.8, 4) is 11.4 Å². The summed E-state index contributed by atoms with van der Waals surface area (Å²) in [4.78, 5) is 5.41. The number of halogens is 3. The second-order valence-electron chi connectivity index (χ2n) is 4.54. The summed E-state index contributed by atoms with van der Waals surface area (Å²) >= 11 is 0. The van der Waals surface area contributed by atoms with Crippen molar-refractivity contribution >= 4 is 0 Å². The van der Waals surface area contributed by atoms with Gasteiger partial charge in [0.15, 0.2) is 0 Å². The maximum absolute atomic E-state index is 12.7. The predicted molar refractivity (Wildman–Crippen MR) is 71.6 cm³/mol. The van der Waals surface area contributed by atoms with E-state index in [-0.39, 0.29) is 11.4 Å². The number of nitrogens with zero attached hydrogens (tertiary/aromatic N) is 5. The molecule has 3 rings (SSSR count). The number of tetrazole rings is 1. The summed E-state index contributed by atoms with van der Waals surface area (Å²) in [6, 6.07) is 10.2. The van der Waals surface area contributed by atoms with Crippen LogP contribution in [0.15, 0.2) is 48.7 Å². The van der Waals surface area contributed by atoms with Gasteiger partial charge in [-0.2, -0.15) is 18.0 Å². The van der Waals surface area contributed by atoms with E-state index in [2.05, 4.69) is 20.4 Å². The molecule has 0 unspecified atom stereocenters. The Bertz CT molecular complexity index is 767. The predicted octanol–water partition coefficient (Wildman–Crippen LogP) is 2.80. The van der Waals surface area contributed by atoms with Gasteiger partial charge in [0, 0.05) is 11.8 Å². The molecule has 0 bridgehead atoms. The topological polar surface area (TPSA) is 56.5 Å². The first kappa shape index (κ1) is 14.2. The third kappa shape index (κ3) is 3.11. The van der Waals surface area contributed by atoms with E-state index < -0.39 is 11.7 Å². The molecule has 1 aromatic carbocycles. The summed E-state index contributed by atoms with van der Waals surface area (Å²) in [6.45, 7) is 0.298. The molecule has 0 aliphatic carbocycles. The Balaban J connectivity index is 1.85. The number of rotatable bonds is 3. The second kappa shape index (κ2) is 5.55.